The van der Waals surface area contributed by atoms with Gasteiger partial charge in [-0.1, -0.05) is 32.6 Å². The molecule has 33 heavy (non-hydrogen) atoms. The van der Waals surface area contributed by atoms with Crippen LogP contribution in [0.4, 0.5) is 5.82 Å². The Labute approximate surface area is 203 Å². The number of pyridine rings is 1. The minimum Gasteiger partial charge on any atom is -0.481 e. The third kappa shape index (κ3) is 6.23. The number of thiol groups is 1. The maximum absolute atomic E-state index is 13.9. The van der Waals surface area contributed by atoms with Crippen LogP contribution in [0.25, 0.3) is 0 Å². The molecule has 0 unspecified atom stereocenters. The van der Waals surface area contributed by atoms with Crippen molar-refractivity contribution in [2.45, 2.75) is 94.9 Å². The van der Waals surface area contributed by atoms with Crippen LogP contribution in [0.2, 0.25) is 0 Å². The molecule has 0 bridgehead atoms. The van der Waals surface area contributed by atoms with E-state index in [4.69, 9.17) is 17.6 Å². The number of hydrogen-bond acceptors (Lipinski definition) is 5. The minimum absolute atomic E-state index is 0.127. The van der Waals surface area contributed by atoms with E-state index in [1.807, 2.05) is 6.07 Å². The standard InChI is InChI=1S/C26H39N3O3S/c1-2-7-22-21(26(32)29(17-18-11-12-18)20-9-4-3-5-10-20)15-23(33)25(27-22)28-13-6-8-19(16-28)14-24(30)31/h15,18-20,33H,2-14,16-17H2,1H3,(H,30,31)/t19-/m0/s1. The van der Waals surface area contributed by atoms with Crippen LogP contribution in [-0.4, -0.2) is 52.5 Å². The van der Waals surface area contributed by atoms with Crippen LogP contribution in [0.1, 0.15) is 93.6 Å². The van der Waals surface area contributed by atoms with Crippen molar-refractivity contribution in [3.63, 3.8) is 0 Å². The highest BCUT2D eigenvalue weighted by atomic mass is 32.1. The molecule has 2 heterocycles. The maximum Gasteiger partial charge on any atom is 0.303 e. The number of anilines is 1. The Hall–Kier alpha value is -1.76. The van der Waals surface area contributed by atoms with Crippen LogP contribution < -0.4 is 4.90 Å². The van der Waals surface area contributed by atoms with E-state index in [2.05, 4.69) is 16.7 Å². The number of carbonyl (C=O) groups excluding carboxylic acids is 1. The highest BCUT2D eigenvalue weighted by molar-refractivity contribution is 7.80. The molecule has 3 fully saturated rings. The van der Waals surface area contributed by atoms with Crippen molar-refractivity contribution in [3.8, 4) is 0 Å². The third-order valence-corrected chi connectivity index (χ3v) is 7.82. The fraction of sp³-hybridized carbons (Fsp3) is 0.731. The smallest absolute Gasteiger partial charge is 0.303 e. The molecule has 1 atom stereocenters. The normalized spacial score (nSPS) is 21.8. The van der Waals surface area contributed by atoms with Gasteiger partial charge in [-0.15, -0.1) is 12.6 Å². The fourth-order valence-corrected chi connectivity index (χ4v) is 5.89. The highest BCUT2D eigenvalue weighted by Gasteiger charge is 2.34. The molecule has 0 radical (unpaired) electrons. The molecule has 0 spiro atoms. The van der Waals surface area contributed by atoms with Gasteiger partial charge in [0.05, 0.1) is 11.3 Å². The molecule has 1 aromatic heterocycles. The highest BCUT2D eigenvalue weighted by Crippen LogP contribution is 2.35. The number of piperidine rings is 1. The van der Waals surface area contributed by atoms with E-state index >= 15 is 0 Å². The van der Waals surface area contributed by atoms with Crippen molar-refractivity contribution < 1.29 is 14.7 Å². The third-order valence-electron chi connectivity index (χ3n) is 7.49. The first-order valence-electron chi connectivity index (χ1n) is 13.0. The van der Waals surface area contributed by atoms with Crippen LogP contribution in [0.3, 0.4) is 0 Å². The van der Waals surface area contributed by atoms with Gasteiger partial charge in [0.15, 0.2) is 0 Å². The molecule has 6 nitrogen and oxygen atoms in total. The number of carboxylic acid groups (broad SMARTS) is 1. The molecule has 1 N–H and O–H groups in total. The van der Waals surface area contributed by atoms with Crippen LogP contribution >= 0.6 is 12.6 Å². The summed E-state index contributed by atoms with van der Waals surface area (Å²) in [6.45, 7) is 4.53. The molecule has 1 saturated heterocycles. The van der Waals surface area contributed by atoms with Crippen LogP contribution in [-0.2, 0) is 11.2 Å². The van der Waals surface area contributed by atoms with Crippen molar-refractivity contribution in [2.75, 3.05) is 24.5 Å². The average molecular weight is 474 g/mol. The molecule has 2 aliphatic carbocycles. The van der Waals surface area contributed by atoms with Gasteiger partial charge in [-0.3, -0.25) is 9.59 Å². The predicted octanol–water partition coefficient (Wildman–Crippen LogP) is 5.20. The number of nitrogens with zero attached hydrogens (tertiary/aromatic N) is 3. The number of aliphatic carboxylic acids is 1. The zero-order valence-corrected chi connectivity index (χ0v) is 20.9. The lowest BCUT2D eigenvalue weighted by Gasteiger charge is -2.36. The summed E-state index contributed by atoms with van der Waals surface area (Å²) in [5, 5.41) is 9.22. The largest absolute Gasteiger partial charge is 0.481 e. The van der Waals surface area contributed by atoms with Crippen LogP contribution in [0.5, 0.6) is 0 Å². The van der Waals surface area contributed by atoms with Gasteiger partial charge in [-0.2, -0.15) is 0 Å². The SMILES string of the molecule is CCCc1nc(N2CCC[C@@H](CC(=O)O)C2)c(S)cc1C(=O)N(CC1CC1)C1CCCCC1. The maximum atomic E-state index is 13.9. The Bertz CT molecular complexity index is 851. The molecular formula is C26H39N3O3S. The lowest BCUT2D eigenvalue weighted by atomic mass is 9.93. The number of amides is 1. The Morgan fingerprint density at radius 2 is 1.88 bits per heavy atom. The molecule has 1 aromatic rings. The number of hydrogen-bond donors (Lipinski definition) is 2. The summed E-state index contributed by atoms with van der Waals surface area (Å²) in [6, 6.07) is 2.30. The summed E-state index contributed by atoms with van der Waals surface area (Å²) < 4.78 is 0. The number of carboxylic acids is 1. The van der Waals surface area contributed by atoms with Crippen LogP contribution in [0, 0.1) is 11.8 Å². The predicted molar refractivity (Wildman–Crippen MR) is 133 cm³/mol. The van der Waals surface area contributed by atoms with E-state index < -0.39 is 5.97 Å². The molecule has 1 amide bonds. The van der Waals surface area contributed by atoms with E-state index in [-0.39, 0.29) is 18.2 Å². The lowest BCUT2D eigenvalue weighted by Crippen LogP contribution is -2.43. The van der Waals surface area contributed by atoms with Crippen molar-refractivity contribution in [2.24, 2.45) is 11.8 Å². The first kappa shape index (κ1) is 24.4. The Kier molecular flexibility index (Phi) is 8.20. The summed E-state index contributed by atoms with van der Waals surface area (Å²) in [6.07, 6.45) is 12.1. The second kappa shape index (κ2) is 11.1. The second-order valence-electron chi connectivity index (χ2n) is 10.3. The number of aryl methyl sites for hydroxylation is 1. The second-order valence-corrected chi connectivity index (χ2v) is 10.8. The molecule has 7 heteroatoms. The molecule has 0 aromatic carbocycles. The van der Waals surface area contributed by atoms with Crippen molar-refractivity contribution in [3.05, 3.63) is 17.3 Å². The number of carbonyl (C=O) groups is 2. The van der Waals surface area contributed by atoms with Crippen molar-refractivity contribution >= 4 is 30.3 Å². The molecule has 1 aliphatic heterocycles. The van der Waals surface area contributed by atoms with E-state index in [9.17, 15) is 14.7 Å². The van der Waals surface area contributed by atoms with Gasteiger partial charge in [0, 0.05) is 37.0 Å². The summed E-state index contributed by atoms with van der Waals surface area (Å²) in [4.78, 5) is 35.2. The first-order valence-corrected chi connectivity index (χ1v) is 13.4. The molecule has 2 saturated carbocycles. The van der Waals surface area contributed by atoms with Crippen LogP contribution in [0.15, 0.2) is 11.0 Å². The van der Waals surface area contributed by atoms with Gasteiger partial charge in [0.25, 0.3) is 5.91 Å². The van der Waals surface area contributed by atoms with E-state index in [0.29, 0.717) is 18.5 Å². The fourth-order valence-electron chi connectivity index (χ4n) is 5.57. The number of aromatic nitrogens is 1. The van der Waals surface area contributed by atoms with Crippen molar-refractivity contribution in [1.29, 1.82) is 0 Å². The molecule has 4 rings (SSSR count). The lowest BCUT2D eigenvalue weighted by molar-refractivity contribution is -0.138. The quantitative estimate of drug-likeness (QED) is 0.482. The van der Waals surface area contributed by atoms with Gasteiger partial charge >= 0.3 is 5.97 Å². The summed E-state index contributed by atoms with van der Waals surface area (Å²) in [5.74, 6) is 0.982. The van der Waals surface area contributed by atoms with E-state index in [1.54, 1.807) is 0 Å². The first-order chi connectivity index (χ1) is 16.0. The Morgan fingerprint density at radius 1 is 1.12 bits per heavy atom. The summed E-state index contributed by atoms with van der Waals surface area (Å²) >= 11 is 4.77. The van der Waals surface area contributed by atoms with Crippen molar-refractivity contribution in [1.82, 2.24) is 9.88 Å². The number of rotatable bonds is 9. The summed E-state index contributed by atoms with van der Waals surface area (Å²) in [5.41, 5.74) is 1.59. The summed E-state index contributed by atoms with van der Waals surface area (Å²) in [7, 11) is 0. The van der Waals surface area contributed by atoms with Gasteiger partial charge in [0.1, 0.15) is 5.82 Å². The topological polar surface area (TPSA) is 73.7 Å². The monoisotopic (exact) mass is 473 g/mol. The van der Waals surface area contributed by atoms with E-state index in [0.717, 1.165) is 73.6 Å². The minimum atomic E-state index is -0.744. The Balaban J connectivity index is 1.60. The van der Waals surface area contributed by atoms with Gasteiger partial charge in [0.2, 0.25) is 0 Å². The van der Waals surface area contributed by atoms with Gasteiger partial charge in [-0.05, 0) is 62.8 Å². The molecule has 182 valence electrons. The van der Waals surface area contributed by atoms with Gasteiger partial charge < -0.3 is 14.9 Å². The zero-order chi connectivity index (χ0) is 23.4. The average Bonchev–Trinajstić information content (AvgIpc) is 3.63. The molecule has 3 aliphatic rings. The van der Waals surface area contributed by atoms with E-state index in [1.165, 1.54) is 32.1 Å². The Morgan fingerprint density at radius 3 is 2.55 bits per heavy atom. The molecular weight excluding hydrogens is 434 g/mol. The van der Waals surface area contributed by atoms with Gasteiger partial charge in [-0.25, -0.2) is 4.98 Å². The zero-order valence-electron chi connectivity index (χ0n) is 20.0.